The number of nitrogens with zero attached hydrogens (tertiary/aromatic N) is 2. The average molecular weight is 407 g/mol. The standard InChI is InChI=1S/C20H24Cl2N4O/c21-16-3-4-18(22)15(9-16)13-26-6-5-24-20-19(26)8-14(11-25-20)10-23-12-17-2-1-7-27-17/h3-4,8-9,11,17,23H,1-2,5-7,10,12-13H2,(H,24,25). The molecule has 1 unspecified atom stereocenters. The van der Waals surface area contributed by atoms with Gasteiger partial charge in [-0.1, -0.05) is 23.2 Å². The summed E-state index contributed by atoms with van der Waals surface area (Å²) in [5, 5.41) is 8.31. The largest absolute Gasteiger partial charge is 0.377 e. The van der Waals surface area contributed by atoms with E-state index in [0.717, 1.165) is 66.9 Å². The summed E-state index contributed by atoms with van der Waals surface area (Å²) in [6, 6.07) is 7.81. The van der Waals surface area contributed by atoms with Crippen molar-refractivity contribution < 1.29 is 4.74 Å². The Labute approximate surface area is 170 Å². The van der Waals surface area contributed by atoms with Crippen LogP contribution in [0.5, 0.6) is 0 Å². The van der Waals surface area contributed by atoms with E-state index in [9.17, 15) is 0 Å². The molecule has 2 aliphatic heterocycles. The SMILES string of the molecule is Clc1ccc(Cl)c(CN2CCNc3ncc(CNCC4CCCO4)cc32)c1. The molecule has 144 valence electrons. The molecule has 0 bridgehead atoms. The Kier molecular flexibility index (Phi) is 6.03. The third-order valence-corrected chi connectivity index (χ3v) is 5.64. The fraction of sp³-hybridized carbons (Fsp3) is 0.450. The van der Waals surface area contributed by atoms with Gasteiger partial charge in [0.2, 0.25) is 0 Å². The zero-order chi connectivity index (χ0) is 18.6. The van der Waals surface area contributed by atoms with Crippen molar-refractivity contribution in [2.45, 2.75) is 32.0 Å². The smallest absolute Gasteiger partial charge is 0.149 e. The topological polar surface area (TPSA) is 49.4 Å². The fourth-order valence-corrected chi connectivity index (χ4v) is 3.99. The molecule has 1 saturated heterocycles. The second kappa shape index (κ2) is 8.65. The van der Waals surface area contributed by atoms with Crippen LogP contribution >= 0.6 is 23.2 Å². The molecule has 5 nitrogen and oxygen atoms in total. The minimum Gasteiger partial charge on any atom is -0.377 e. The number of rotatable bonds is 6. The van der Waals surface area contributed by atoms with Crippen LogP contribution in [-0.2, 0) is 17.8 Å². The van der Waals surface area contributed by atoms with Gasteiger partial charge in [-0.05, 0) is 48.2 Å². The quantitative estimate of drug-likeness (QED) is 0.756. The third kappa shape index (κ3) is 4.66. The van der Waals surface area contributed by atoms with Gasteiger partial charge < -0.3 is 20.3 Å². The summed E-state index contributed by atoms with van der Waals surface area (Å²) in [6.45, 7) is 5.02. The van der Waals surface area contributed by atoms with E-state index in [1.54, 1.807) is 0 Å². The van der Waals surface area contributed by atoms with Gasteiger partial charge in [0, 0.05) is 55.6 Å². The highest BCUT2D eigenvalue weighted by atomic mass is 35.5. The number of hydrogen-bond donors (Lipinski definition) is 2. The monoisotopic (exact) mass is 406 g/mol. The van der Waals surface area contributed by atoms with E-state index in [0.29, 0.717) is 17.7 Å². The first-order valence-corrected chi connectivity index (χ1v) is 10.2. The highest BCUT2D eigenvalue weighted by molar-refractivity contribution is 6.33. The number of aromatic nitrogens is 1. The molecule has 0 aliphatic carbocycles. The number of anilines is 2. The summed E-state index contributed by atoms with van der Waals surface area (Å²) >= 11 is 12.5. The van der Waals surface area contributed by atoms with E-state index >= 15 is 0 Å². The molecule has 2 aliphatic rings. The van der Waals surface area contributed by atoms with Gasteiger partial charge >= 0.3 is 0 Å². The molecular formula is C20H24Cl2N4O. The molecule has 0 saturated carbocycles. The van der Waals surface area contributed by atoms with Gasteiger partial charge in [-0.25, -0.2) is 4.98 Å². The molecule has 7 heteroatoms. The lowest BCUT2D eigenvalue weighted by Crippen LogP contribution is -2.34. The first-order valence-electron chi connectivity index (χ1n) is 9.43. The Morgan fingerprint density at radius 1 is 1.30 bits per heavy atom. The lowest BCUT2D eigenvalue weighted by molar-refractivity contribution is 0.110. The predicted octanol–water partition coefficient (Wildman–Crippen LogP) is 4.09. The van der Waals surface area contributed by atoms with Crippen LogP contribution in [0.15, 0.2) is 30.5 Å². The maximum absolute atomic E-state index is 6.37. The first kappa shape index (κ1) is 18.8. The normalized spacial score (nSPS) is 19.0. The maximum Gasteiger partial charge on any atom is 0.149 e. The molecule has 1 fully saturated rings. The van der Waals surface area contributed by atoms with Crippen LogP contribution < -0.4 is 15.5 Å². The Bertz CT molecular complexity index is 796. The summed E-state index contributed by atoms with van der Waals surface area (Å²) < 4.78 is 5.67. The molecule has 0 amide bonds. The van der Waals surface area contributed by atoms with Crippen LogP contribution in [0.1, 0.15) is 24.0 Å². The van der Waals surface area contributed by atoms with Crippen molar-refractivity contribution in [2.75, 3.05) is 36.5 Å². The summed E-state index contributed by atoms with van der Waals surface area (Å²) in [5.41, 5.74) is 3.30. The van der Waals surface area contributed by atoms with Gasteiger partial charge in [-0.2, -0.15) is 0 Å². The Morgan fingerprint density at radius 3 is 3.07 bits per heavy atom. The van der Waals surface area contributed by atoms with Crippen molar-refractivity contribution >= 4 is 34.7 Å². The number of ether oxygens (including phenoxy) is 1. The lowest BCUT2D eigenvalue weighted by Gasteiger charge is -2.32. The molecule has 4 rings (SSSR count). The average Bonchev–Trinajstić information content (AvgIpc) is 3.19. The van der Waals surface area contributed by atoms with Gasteiger partial charge in [0.15, 0.2) is 0 Å². The highest BCUT2D eigenvalue weighted by Gasteiger charge is 2.20. The summed E-state index contributed by atoms with van der Waals surface area (Å²) in [7, 11) is 0. The van der Waals surface area contributed by atoms with E-state index in [4.69, 9.17) is 27.9 Å². The van der Waals surface area contributed by atoms with E-state index in [1.807, 2.05) is 24.4 Å². The number of benzene rings is 1. The lowest BCUT2D eigenvalue weighted by atomic mass is 10.1. The Hall–Kier alpha value is -1.53. The molecule has 0 radical (unpaired) electrons. The maximum atomic E-state index is 6.37. The molecule has 0 spiro atoms. The minimum absolute atomic E-state index is 0.346. The van der Waals surface area contributed by atoms with Gasteiger partial charge in [0.25, 0.3) is 0 Å². The van der Waals surface area contributed by atoms with Crippen molar-refractivity contribution in [3.8, 4) is 0 Å². The summed E-state index contributed by atoms with van der Waals surface area (Å²) in [5.74, 6) is 0.919. The molecule has 1 aromatic carbocycles. The first-order chi connectivity index (χ1) is 13.2. The van der Waals surface area contributed by atoms with Crippen LogP contribution in [-0.4, -0.2) is 37.3 Å². The van der Waals surface area contributed by atoms with Crippen LogP contribution in [0.4, 0.5) is 11.5 Å². The molecular weight excluding hydrogens is 383 g/mol. The van der Waals surface area contributed by atoms with Gasteiger partial charge in [0.1, 0.15) is 5.82 Å². The van der Waals surface area contributed by atoms with Gasteiger partial charge in [0.05, 0.1) is 11.8 Å². The number of nitrogens with one attached hydrogen (secondary N) is 2. The molecule has 3 heterocycles. The van der Waals surface area contributed by atoms with Crippen molar-refractivity contribution in [1.82, 2.24) is 10.3 Å². The minimum atomic E-state index is 0.346. The molecule has 2 aromatic rings. The van der Waals surface area contributed by atoms with Crippen molar-refractivity contribution in [1.29, 1.82) is 0 Å². The van der Waals surface area contributed by atoms with Crippen LogP contribution in [0.3, 0.4) is 0 Å². The molecule has 1 aromatic heterocycles. The van der Waals surface area contributed by atoms with Crippen LogP contribution in [0, 0.1) is 0 Å². The number of fused-ring (bicyclic) bond motifs is 1. The summed E-state index contributed by atoms with van der Waals surface area (Å²) in [6.07, 6.45) is 4.59. The third-order valence-electron chi connectivity index (χ3n) is 5.03. The van der Waals surface area contributed by atoms with Gasteiger partial charge in [-0.3, -0.25) is 0 Å². The van der Waals surface area contributed by atoms with E-state index in [2.05, 4.69) is 26.6 Å². The van der Waals surface area contributed by atoms with E-state index < -0.39 is 0 Å². The van der Waals surface area contributed by atoms with Gasteiger partial charge in [-0.15, -0.1) is 0 Å². The second-order valence-corrected chi connectivity index (χ2v) is 7.90. The van der Waals surface area contributed by atoms with Crippen molar-refractivity contribution in [2.24, 2.45) is 0 Å². The number of halogens is 2. The Balaban J connectivity index is 1.46. The zero-order valence-electron chi connectivity index (χ0n) is 15.2. The fourth-order valence-electron chi connectivity index (χ4n) is 3.62. The number of pyridine rings is 1. The number of hydrogen-bond acceptors (Lipinski definition) is 5. The zero-order valence-corrected chi connectivity index (χ0v) is 16.7. The Morgan fingerprint density at radius 2 is 2.22 bits per heavy atom. The highest BCUT2D eigenvalue weighted by Crippen LogP contribution is 2.31. The predicted molar refractivity (Wildman–Crippen MR) is 111 cm³/mol. The van der Waals surface area contributed by atoms with Crippen LogP contribution in [0.25, 0.3) is 0 Å². The summed E-state index contributed by atoms with van der Waals surface area (Å²) in [4.78, 5) is 6.92. The van der Waals surface area contributed by atoms with E-state index in [-0.39, 0.29) is 0 Å². The second-order valence-electron chi connectivity index (χ2n) is 7.06. The van der Waals surface area contributed by atoms with Crippen molar-refractivity contribution in [3.63, 3.8) is 0 Å². The van der Waals surface area contributed by atoms with E-state index in [1.165, 1.54) is 6.42 Å². The van der Waals surface area contributed by atoms with Crippen LogP contribution in [0.2, 0.25) is 10.0 Å². The molecule has 1 atom stereocenters. The molecule has 2 N–H and O–H groups in total. The molecule has 27 heavy (non-hydrogen) atoms. The van der Waals surface area contributed by atoms with Crippen molar-refractivity contribution in [3.05, 3.63) is 51.6 Å².